The maximum Gasteiger partial charge on any atom is 0.0602 e. The fourth-order valence-electron chi connectivity index (χ4n) is 2.62. The van der Waals surface area contributed by atoms with Crippen LogP contribution in [0.3, 0.4) is 0 Å². The molecule has 0 radical (unpaired) electrons. The van der Waals surface area contributed by atoms with Crippen LogP contribution >= 0.6 is 0 Å². The Morgan fingerprint density at radius 3 is 2.17 bits per heavy atom. The quantitative estimate of drug-likeness (QED) is 0.665. The molecular formula is C15H32N2O. The van der Waals surface area contributed by atoms with E-state index in [9.17, 15) is 5.11 Å². The highest BCUT2D eigenvalue weighted by molar-refractivity contribution is 4.92. The minimum atomic E-state index is 0.0998. The highest BCUT2D eigenvalue weighted by Crippen LogP contribution is 2.30. The van der Waals surface area contributed by atoms with Gasteiger partial charge in [-0.25, -0.2) is 0 Å². The zero-order chi connectivity index (χ0) is 13.7. The van der Waals surface area contributed by atoms with Crippen LogP contribution in [0.25, 0.3) is 0 Å². The molecular weight excluding hydrogens is 224 g/mol. The van der Waals surface area contributed by atoms with Crippen LogP contribution in [0, 0.1) is 11.8 Å². The molecule has 1 saturated carbocycles. The summed E-state index contributed by atoms with van der Waals surface area (Å²) < 4.78 is 0. The molecule has 0 aromatic rings. The average Bonchev–Trinajstić information content (AvgIpc) is 3.06. The zero-order valence-corrected chi connectivity index (χ0v) is 12.6. The Morgan fingerprint density at radius 1 is 1.17 bits per heavy atom. The maximum absolute atomic E-state index is 9.70. The van der Waals surface area contributed by atoms with Gasteiger partial charge < -0.3 is 10.8 Å². The van der Waals surface area contributed by atoms with E-state index in [4.69, 9.17) is 5.73 Å². The van der Waals surface area contributed by atoms with E-state index < -0.39 is 0 Å². The monoisotopic (exact) mass is 256 g/mol. The Labute approximate surface area is 113 Å². The van der Waals surface area contributed by atoms with E-state index in [0.29, 0.717) is 17.9 Å². The van der Waals surface area contributed by atoms with Gasteiger partial charge in [0, 0.05) is 18.1 Å². The molecule has 3 nitrogen and oxygen atoms in total. The smallest absolute Gasteiger partial charge is 0.0602 e. The van der Waals surface area contributed by atoms with Crippen molar-refractivity contribution in [1.29, 1.82) is 0 Å². The zero-order valence-electron chi connectivity index (χ0n) is 12.6. The summed E-state index contributed by atoms with van der Waals surface area (Å²) in [7, 11) is 0. The number of nitrogens with two attached hydrogens (primary N) is 1. The Balaban J connectivity index is 2.56. The topological polar surface area (TPSA) is 49.5 Å². The first-order chi connectivity index (χ1) is 8.45. The van der Waals surface area contributed by atoms with Gasteiger partial charge in [0.25, 0.3) is 0 Å². The first-order valence-electron chi connectivity index (χ1n) is 7.57. The van der Waals surface area contributed by atoms with Crippen LogP contribution in [0.5, 0.6) is 0 Å². The number of nitrogens with zero attached hydrogens (tertiary/aromatic N) is 1. The average molecular weight is 256 g/mol. The van der Waals surface area contributed by atoms with Gasteiger partial charge in [-0.2, -0.15) is 0 Å². The molecule has 2 atom stereocenters. The van der Waals surface area contributed by atoms with E-state index >= 15 is 0 Å². The normalized spacial score (nSPS) is 19.8. The maximum atomic E-state index is 9.70. The fraction of sp³-hybridized carbons (Fsp3) is 1.00. The number of hydrogen-bond acceptors (Lipinski definition) is 3. The minimum absolute atomic E-state index is 0.0998. The predicted molar refractivity (Wildman–Crippen MR) is 77.5 cm³/mol. The summed E-state index contributed by atoms with van der Waals surface area (Å²) in [5.41, 5.74) is 6.30. The molecule has 1 aliphatic rings. The van der Waals surface area contributed by atoms with E-state index in [1.54, 1.807) is 0 Å². The summed E-state index contributed by atoms with van der Waals surface area (Å²) in [5, 5.41) is 9.70. The summed E-state index contributed by atoms with van der Waals surface area (Å²) in [6, 6.07) is 0.931. The van der Waals surface area contributed by atoms with Gasteiger partial charge in [-0.3, -0.25) is 4.90 Å². The molecule has 0 amide bonds. The molecule has 0 aromatic carbocycles. The number of rotatable bonds is 9. The lowest BCUT2D eigenvalue weighted by Gasteiger charge is -2.35. The van der Waals surface area contributed by atoms with Crippen LogP contribution in [0.15, 0.2) is 0 Å². The number of hydrogen-bond donors (Lipinski definition) is 2. The van der Waals surface area contributed by atoms with Crippen molar-refractivity contribution in [3.05, 3.63) is 0 Å². The van der Waals surface area contributed by atoms with Gasteiger partial charge in [0.15, 0.2) is 0 Å². The van der Waals surface area contributed by atoms with E-state index in [1.165, 1.54) is 19.3 Å². The van der Waals surface area contributed by atoms with Gasteiger partial charge in [0.1, 0.15) is 0 Å². The Kier molecular flexibility index (Phi) is 6.61. The van der Waals surface area contributed by atoms with Crippen molar-refractivity contribution in [2.24, 2.45) is 17.6 Å². The molecule has 18 heavy (non-hydrogen) atoms. The van der Waals surface area contributed by atoms with Crippen LogP contribution in [0.2, 0.25) is 0 Å². The molecule has 0 aromatic heterocycles. The van der Waals surface area contributed by atoms with Crippen molar-refractivity contribution in [3.8, 4) is 0 Å². The lowest BCUT2D eigenvalue weighted by Crippen LogP contribution is -2.52. The molecule has 0 saturated heterocycles. The molecule has 3 heteroatoms. The molecule has 0 heterocycles. The van der Waals surface area contributed by atoms with Crippen LogP contribution in [-0.4, -0.2) is 41.3 Å². The minimum Gasteiger partial charge on any atom is -0.395 e. The van der Waals surface area contributed by atoms with E-state index in [1.807, 2.05) is 0 Å². The van der Waals surface area contributed by atoms with Crippen LogP contribution in [0.4, 0.5) is 0 Å². The Morgan fingerprint density at radius 2 is 1.78 bits per heavy atom. The van der Waals surface area contributed by atoms with Gasteiger partial charge in [0.05, 0.1) is 6.61 Å². The van der Waals surface area contributed by atoms with E-state index in [-0.39, 0.29) is 18.7 Å². The molecule has 0 aliphatic heterocycles. The lowest BCUT2D eigenvalue weighted by molar-refractivity contribution is 0.0871. The van der Waals surface area contributed by atoms with Crippen molar-refractivity contribution < 1.29 is 5.11 Å². The van der Waals surface area contributed by atoms with Gasteiger partial charge in [-0.15, -0.1) is 0 Å². The third kappa shape index (κ3) is 5.25. The highest BCUT2D eigenvalue weighted by atomic mass is 16.3. The second-order valence-corrected chi connectivity index (χ2v) is 6.69. The van der Waals surface area contributed by atoms with Crippen LogP contribution < -0.4 is 5.73 Å². The molecule has 0 bridgehead atoms. The molecule has 108 valence electrons. The van der Waals surface area contributed by atoms with Crippen molar-refractivity contribution in [1.82, 2.24) is 4.90 Å². The standard InChI is InChI=1S/C15H32N2O/c1-11(2)7-8-17(13-5-6-13)15(10-18)14(16)9-12(3)4/h11-15,18H,5-10,16H2,1-4H3. The Hall–Kier alpha value is -0.120. The largest absolute Gasteiger partial charge is 0.395 e. The van der Waals surface area contributed by atoms with E-state index in [0.717, 1.165) is 13.0 Å². The predicted octanol–water partition coefficient (Wildman–Crippen LogP) is 2.23. The fourth-order valence-corrected chi connectivity index (χ4v) is 2.62. The Bertz CT molecular complexity index is 227. The molecule has 0 spiro atoms. The van der Waals surface area contributed by atoms with Crippen molar-refractivity contribution in [3.63, 3.8) is 0 Å². The van der Waals surface area contributed by atoms with Crippen LogP contribution in [0.1, 0.15) is 53.4 Å². The summed E-state index contributed by atoms with van der Waals surface area (Å²) in [6.07, 6.45) is 4.75. The highest BCUT2D eigenvalue weighted by Gasteiger charge is 2.35. The molecule has 1 fully saturated rings. The third-order valence-electron chi connectivity index (χ3n) is 3.83. The van der Waals surface area contributed by atoms with E-state index in [2.05, 4.69) is 32.6 Å². The molecule has 3 N–H and O–H groups in total. The van der Waals surface area contributed by atoms with Gasteiger partial charge in [-0.1, -0.05) is 27.7 Å². The first-order valence-corrected chi connectivity index (χ1v) is 7.57. The second-order valence-electron chi connectivity index (χ2n) is 6.69. The van der Waals surface area contributed by atoms with Crippen molar-refractivity contribution in [2.75, 3.05) is 13.2 Å². The number of aliphatic hydroxyl groups excluding tert-OH is 1. The summed E-state index contributed by atoms with van der Waals surface area (Å²) >= 11 is 0. The van der Waals surface area contributed by atoms with Gasteiger partial charge >= 0.3 is 0 Å². The second kappa shape index (κ2) is 7.46. The first kappa shape index (κ1) is 15.9. The number of aliphatic hydroxyl groups is 1. The van der Waals surface area contributed by atoms with Crippen LogP contribution in [-0.2, 0) is 0 Å². The summed E-state index contributed by atoms with van der Waals surface area (Å²) in [6.45, 7) is 10.2. The van der Waals surface area contributed by atoms with Crippen molar-refractivity contribution >= 4 is 0 Å². The van der Waals surface area contributed by atoms with Gasteiger partial charge in [0.2, 0.25) is 0 Å². The third-order valence-corrected chi connectivity index (χ3v) is 3.83. The molecule has 2 unspecified atom stereocenters. The SMILES string of the molecule is CC(C)CCN(C1CC1)C(CO)C(N)CC(C)C. The van der Waals surface area contributed by atoms with Crippen molar-refractivity contribution in [2.45, 2.75) is 71.5 Å². The summed E-state index contributed by atoms with van der Waals surface area (Å²) in [5.74, 6) is 1.31. The van der Waals surface area contributed by atoms with Gasteiger partial charge in [-0.05, 0) is 44.1 Å². The molecule has 1 rings (SSSR count). The molecule has 1 aliphatic carbocycles. The lowest BCUT2D eigenvalue weighted by atomic mass is 9.96. The summed E-state index contributed by atoms with van der Waals surface area (Å²) in [4.78, 5) is 2.48.